The minimum atomic E-state index is -1.16. The van der Waals surface area contributed by atoms with Gasteiger partial charge in [0.15, 0.2) is 5.92 Å². The van der Waals surface area contributed by atoms with Crippen LogP contribution in [0.3, 0.4) is 0 Å². The van der Waals surface area contributed by atoms with Gasteiger partial charge < -0.3 is 9.47 Å². The van der Waals surface area contributed by atoms with Crippen molar-refractivity contribution in [3.63, 3.8) is 0 Å². The second-order valence-electron chi connectivity index (χ2n) is 4.65. The Morgan fingerprint density at radius 3 is 2.00 bits per heavy atom. The Morgan fingerprint density at radius 2 is 1.61 bits per heavy atom. The molecule has 0 aliphatic rings. The van der Waals surface area contributed by atoms with Crippen molar-refractivity contribution in [2.45, 2.75) is 26.7 Å². The zero-order chi connectivity index (χ0) is 17.4. The van der Waals surface area contributed by atoms with Gasteiger partial charge in [0, 0.05) is 13.0 Å². The van der Waals surface area contributed by atoms with Gasteiger partial charge in [-0.2, -0.15) is 0 Å². The molecule has 7 nitrogen and oxygen atoms in total. The summed E-state index contributed by atoms with van der Waals surface area (Å²) in [4.78, 5) is 34.1. The van der Waals surface area contributed by atoms with Gasteiger partial charge in [0.25, 0.3) is 0 Å². The lowest BCUT2D eigenvalue weighted by Crippen LogP contribution is -2.26. The van der Waals surface area contributed by atoms with E-state index in [-0.39, 0.29) is 18.9 Å². The number of carbonyl (C=O) groups is 2. The SMILES string of the molecule is CCOC(=O)C(C(=O)OCC)c1ccc(C=C(C)[N+](=O)[O-])cc1. The van der Waals surface area contributed by atoms with E-state index in [0.29, 0.717) is 11.1 Å². The zero-order valence-corrected chi connectivity index (χ0v) is 13.3. The summed E-state index contributed by atoms with van der Waals surface area (Å²) in [7, 11) is 0. The smallest absolute Gasteiger partial charge is 0.324 e. The second-order valence-corrected chi connectivity index (χ2v) is 4.65. The number of allylic oxidation sites excluding steroid dienone is 1. The minimum Gasteiger partial charge on any atom is -0.465 e. The summed E-state index contributed by atoms with van der Waals surface area (Å²) in [5.74, 6) is -2.53. The molecule has 1 rings (SSSR count). The maximum atomic E-state index is 12.0. The van der Waals surface area contributed by atoms with Gasteiger partial charge in [-0.3, -0.25) is 19.7 Å². The Morgan fingerprint density at radius 1 is 1.13 bits per heavy atom. The number of rotatable bonds is 7. The van der Waals surface area contributed by atoms with Crippen LogP contribution in [0.5, 0.6) is 0 Å². The molecule has 0 saturated heterocycles. The quantitative estimate of drug-likeness (QED) is 0.331. The van der Waals surface area contributed by atoms with Gasteiger partial charge in [-0.25, -0.2) is 0 Å². The Kier molecular flexibility index (Phi) is 6.92. The van der Waals surface area contributed by atoms with Crippen molar-refractivity contribution in [1.82, 2.24) is 0 Å². The molecule has 124 valence electrons. The largest absolute Gasteiger partial charge is 0.465 e. The summed E-state index contributed by atoms with van der Waals surface area (Å²) in [6, 6.07) is 6.29. The van der Waals surface area contributed by atoms with Gasteiger partial charge >= 0.3 is 11.9 Å². The molecule has 0 bridgehead atoms. The summed E-state index contributed by atoms with van der Waals surface area (Å²) < 4.78 is 9.82. The molecule has 0 spiro atoms. The molecule has 0 aliphatic heterocycles. The highest BCUT2D eigenvalue weighted by Gasteiger charge is 2.31. The van der Waals surface area contributed by atoms with Crippen LogP contribution in [-0.4, -0.2) is 30.1 Å². The highest BCUT2D eigenvalue weighted by molar-refractivity contribution is 6.00. The summed E-state index contributed by atoms with van der Waals surface area (Å²) in [5, 5.41) is 10.6. The van der Waals surface area contributed by atoms with Gasteiger partial charge in [-0.1, -0.05) is 24.3 Å². The fourth-order valence-corrected chi connectivity index (χ4v) is 1.90. The van der Waals surface area contributed by atoms with Crippen LogP contribution in [0.4, 0.5) is 0 Å². The van der Waals surface area contributed by atoms with E-state index in [1.807, 2.05) is 0 Å². The summed E-state index contributed by atoms with van der Waals surface area (Å²) in [5.41, 5.74) is 0.998. The monoisotopic (exact) mass is 321 g/mol. The van der Waals surface area contributed by atoms with E-state index < -0.39 is 22.8 Å². The van der Waals surface area contributed by atoms with E-state index in [1.165, 1.54) is 13.0 Å². The van der Waals surface area contributed by atoms with Crippen LogP contribution in [0.1, 0.15) is 37.8 Å². The topological polar surface area (TPSA) is 95.7 Å². The van der Waals surface area contributed by atoms with Crippen LogP contribution in [0.15, 0.2) is 30.0 Å². The summed E-state index contributed by atoms with van der Waals surface area (Å²) >= 11 is 0. The third-order valence-corrected chi connectivity index (χ3v) is 2.98. The van der Waals surface area contributed by atoms with Gasteiger partial charge in [-0.05, 0) is 25.0 Å². The van der Waals surface area contributed by atoms with Crippen molar-refractivity contribution in [3.8, 4) is 0 Å². The van der Waals surface area contributed by atoms with Crippen LogP contribution in [0.25, 0.3) is 6.08 Å². The molecule has 0 heterocycles. The van der Waals surface area contributed by atoms with E-state index in [9.17, 15) is 19.7 Å². The lowest BCUT2D eigenvalue weighted by Gasteiger charge is -2.14. The normalized spacial score (nSPS) is 11.2. The highest BCUT2D eigenvalue weighted by atomic mass is 16.6. The predicted molar refractivity (Wildman–Crippen MR) is 83.1 cm³/mol. The lowest BCUT2D eigenvalue weighted by molar-refractivity contribution is -0.422. The molecule has 0 aromatic heterocycles. The second kappa shape index (κ2) is 8.67. The molecule has 0 saturated carbocycles. The molecule has 1 aromatic rings. The number of ether oxygens (including phenoxy) is 2. The Balaban J connectivity index is 3.08. The number of benzene rings is 1. The van der Waals surface area contributed by atoms with Crippen LogP contribution in [-0.2, 0) is 19.1 Å². The molecular formula is C16H19NO6. The number of nitro groups is 1. The molecule has 23 heavy (non-hydrogen) atoms. The van der Waals surface area contributed by atoms with Crippen LogP contribution in [0, 0.1) is 10.1 Å². The Hall–Kier alpha value is -2.70. The molecule has 0 atom stereocenters. The maximum absolute atomic E-state index is 12.0. The standard InChI is InChI=1S/C16H19NO6/c1-4-22-15(18)14(16(19)23-5-2)13-8-6-12(7-9-13)10-11(3)17(20)21/h6-10,14H,4-5H2,1-3H3. The maximum Gasteiger partial charge on any atom is 0.324 e. The van der Waals surface area contributed by atoms with E-state index in [0.717, 1.165) is 0 Å². The number of nitrogens with zero attached hydrogens (tertiary/aromatic N) is 1. The lowest BCUT2D eigenvalue weighted by atomic mass is 9.98. The average molecular weight is 321 g/mol. The number of carbonyl (C=O) groups excluding carboxylic acids is 2. The minimum absolute atomic E-state index is 0.00918. The average Bonchev–Trinajstić information content (AvgIpc) is 2.49. The van der Waals surface area contributed by atoms with Crippen molar-refractivity contribution in [2.75, 3.05) is 13.2 Å². The summed E-state index contributed by atoms with van der Waals surface area (Å²) in [6.07, 6.45) is 1.40. The molecular weight excluding hydrogens is 302 g/mol. The van der Waals surface area contributed by atoms with Crippen molar-refractivity contribution in [1.29, 1.82) is 0 Å². The van der Waals surface area contributed by atoms with Gasteiger partial charge in [0.2, 0.25) is 5.70 Å². The molecule has 0 N–H and O–H groups in total. The van der Waals surface area contributed by atoms with Crippen LogP contribution < -0.4 is 0 Å². The van der Waals surface area contributed by atoms with Gasteiger partial charge in [0.05, 0.1) is 18.1 Å². The molecule has 1 aromatic carbocycles. The number of esters is 2. The molecule has 0 aliphatic carbocycles. The molecule has 0 fully saturated rings. The first kappa shape index (κ1) is 18.3. The Bertz CT molecular complexity index is 588. The van der Waals surface area contributed by atoms with Crippen LogP contribution >= 0.6 is 0 Å². The van der Waals surface area contributed by atoms with E-state index in [4.69, 9.17) is 9.47 Å². The van der Waals surface area contributed by atoms with Crippen molar-refractivity contribution < 1.29 is 24.0 Å². The van der Waals surface area contributed by atoms with Crippen molar-refractivity contribution in [2.24, 2.45) is 0 Å². The van der Waals surface area contributed by atoms with E-state index in [2.05, 4.69) is 0 Å². The van der Waals surface area contributed by atoms with Gasteiger partial charge in [0.1, 0.15) is 0 Å². The first-order valence-corrected chi connectivity index (χ1v) is 7.16. The third kappa shape index (κ3) is 5.21. The molecule has 0 amide bonds. The zero-order valence-electron chi connectivity index (χ0n) is 13.3. The van der Waals surface area contributed by atoms with Crippen molar-refractivity contribution >= 4 is 18.0 Å². The van der Waals surface area contributed by atoms with Crippen molar-refractivity contribution in [3.05, 3.63) is 51.2 Å². The first-order valence-electron chi connectivity index (χ1n) is 7.16. The summed E-state index contributed by atoms with van der Waals surface area (Å²) in [6.45, 7) is 4.98. The third-order valence-electron chi connectivity index (χ3n) is 2.98. The van der Waals surface area contributed by atoms with Gasteiger partial charge in [-0.15, -0.1) is 0 Å². The fourth-order valence-electron chi connectivity index (χ4n) is 1.90. The molecule has 0 unspecified atom stereocenters. The molecule has 7 heteroatoms. The highest BCUT2D eigenvalue weighted by Crippen LogP contribution is 2.21. The number of hydrogen-bond acceptors (Lipinski definition) is 6. The van der Waals surface area contributed by atoms with E-state index in [1.54, 1.807) is 38.1 Å². The predicted octanol–water partition coefficient (Wildman–Crippen LogP) is 2.53. The van der Waals surface area contributed by atoms with E-state index >= 15 is 0 Å². The molecule has 0 radical (unpaired) electrons. The fraction of sp³-hybridized carbons (Fsp3) is 0.375. The first-order chi connectivity index (χ1) is 10.9. The van der Waals surface area contributed by atoms with Crippen LogP contribution in [0.2, 0.25) is 0 Å². The Labute approximate surface area is 134 Å². The number of hydrogen-bond donors (Lipinski definition) is 0.